The van der Waals surface area contributed by atoms with Crippen LogP contribution in [0.1, 0.15) is 47.5 Å². The molecule has 0 bridgehead atoms. The fourth-order valence-electron chi connectivity index (χ4n) is 8.48. The van der Waals surface area contributed by atoms with Crippen molar-refractivity contribution in [1.29, 1.82) is 0 Å². The molecular formula is C65H77N14NiO9S. The van der Waals surface area contributed by atoms with Crippen molar-refractivity contribution in [2.75, 3.05) is 79.0 Å². The molecule has 23 nitrogen and oxygen atoms in total. The normalized spacial score (nSPS) is 12.3. The van der Waals surface area contributed by atoms with E-state index in [-0.39, 0.29) is 68.4 Å². The molecule has 90 heavy (non-hydrogen) atoms. The molecule has 4 aromatic heterocycles. The average Bonchev–Trinajstić information content (AvgIpc) is 0.870. The Kier molecular flexibility index (Phi) is 29.0. The summed E-state index contributed by atoms with van der Waals surface area (Å²) in [6, 6.07) is 31.5. The number of carbonyl (C=O) groups excluding carboxylic acids is 4. The summed E-state index contributed by atoms with van der Waals surface area (Å²) in [4.78, 5) is 92.0. The molecule has 4 amide bonds. The molecule has 2 saturated heterocycles. The van der Waals surface area contributed by atoms with Gasteiger partial charge in [-0.2, -0.15) is 24.7 Å². The molecule has 7 N–H and O–H groups in total. The van der Waals surface area contributed by atoms with E-state index in [9.17, 15) is 33.0 Å². The van der Waals surface area contributed by atoms with Gasteiger partial charge in [-0.25, -0.2) is 15.0 Å². The van der Waals surface area contributed by atoms with E-state index in [1.165, 1.54) is 39.8 Å². The molecule has 477 valence electrons. The summed E-state index contributed by atoms with van der Waals surface area (Å²) in [6.45, 7) is 28.8. The molecule has 2 aliphatic heterocycles. The predicted octanol–water partition coefficient (Wildman–Crippen LogP) is 9.16. The molecule has 0 spiro atoms. The maximum atomic E-state index is 12.9. The second-order valence-corrected chi connectivity index (χ2v) is 20.7. The van der Waals surface area contributed by atoms with Gasteiger partial charge in [0, 0.05) is 116 Å². The number of amides is 4. The molecule has 2 aliphatic rings. The number of fused-ring (bicyclic) bond motifs is 2. The summed E-state index contributed by atoms with van der Waals surface area (Å²) in [5, 5.41) is 16.7. The van der Waals surface area contributed by atoms with Crippen LogP contribution in [0.15, 0.2) is 162 Å². The van der Waals surface area contributed by atoms with Gasteiger partial charge in [0.2, 0.25) is 34.7 Å². The Balaban J connectivity index is 0.000000291. The van der Waals surface area contributed by atoms with Crippen molar-refractivity contribution in [1.82, 2.24) is 38.9 Å². The third-order valence-electron chi connectivity index (χ3n) is 12.7. The van der Waals surface area contributed by atoms with Crippen LogP contribution in [-0.4, -0.2) is 125 Å². The van der Waals surface area contributed by atoms with E-state index < -0.39 is 10.8 Å². The van der Waals surface area contributed by atoms with Gasteiger partial charge in [0.05, 0.1) is 59.9 Å². The van der Waals surface area contributed by atoms with Crippen LogP contribution in [0, 0.1) is 20.8 Å². The van der Waals surface area contributed by atoms with E-state index in [2.05, 4.69) is 80.4 Å². The number of hydrogen-bond acceptors (Lipinski definition) is 17. The van der Waals surface area contributed by atoms with Crippen molar-refractivity contribution in [2.24, 2.45) is 0 Å². The fourth-order valence-corrected chi connectivity index (χ4v) is 8.90. The van der Waals surface area contributed by atoms with Crippen molar-refractivity contribution in [3.8, 4) is 22.9 Å². The number of ether oxygens (including phenoxy) is 2. The Hall–Kier alpha value is -9.74. The predicted molar refractivity (Wildman–Crippen MR) is 356 cm³/mol. The first-order valence-corrected chi connectivity index (χ1v) is 29.7. The Labute approximate surface area is 537 Å². The van der Waals surface area contributed by atoms with Gasteiger partial charge in [-0.1, -0.05) is 39.1 Å². The zero-order valence-electron chi connectivity index (χ0n) is 51.7. The number of methoxy groups -OCH3 is 2. The second-order valence-electron chi connectivity index (χ2n) is 19.4. The van der Waals surface area contributed by atoms with E-state index >= 15 is 0 Å². The van der Waals surface area contributed by atoms with Gasteiger partial charge in [0.15, 0.2) is 11.3 Å². The quantitative estimate of drug-likeness (QED) is 0.0183. The molecule has 0 aliphatic carbocycles. The standard InChI is InChI=1S/C28H27N7O4.C17H14N4O3S.C12H17N3O2.2C3H7.C2H5.Ni/c1-4-25(37)31-19-6-5-7-22(12-19)35-26(38)11-8-18-14-29-28(33-27(18)35)32-23-10-9-20(13-24(23)39-3)30-21-15-34(16-21)17(2)36;1-3-14(22)19-12-5-4-6-13(9-12)21-15(23)8-7-11-10-18-17(25(2)24)20-16(11)21;1-8(16)15-6-10(7-15)14-9-3-4-11(13)12(5-9)17-2;2*1-3-2;1-2;/h4-14,21,30H,1,15-16H2,2-3H3,(H,31,37)(H,29,32,33);3-10H,1H2,2H3,(H,19,22);3-5,10,14H,6-7,13H2,1-2H3;2*1,3H2,2H3;1H2,2H3;/q;;;3*-1;+3. The maximum absolute atomic E-state index is 12.9. The van der Waals surface area contributed by atoms with Crippen LogP contribution < -0.4 is 52.9 Å². The number of nitrogens with one attached hydrogen (secondary N) is 5. The number of nitrogens with zero attached hydrogens (tertiary/aromatic N) is 8. The van der Waals surface area contributed by atoms with E-state index in [4.69, 9.17) is 15.2 Å². The average molecular weight is 1290 g/mol. The molecule has 8 aromatic rings. The first-order chi connectivity index (χ1) is 42.8. The van der Waals surface area contributed by atoms with Gasteiger partial charge < -0.3 is 72.4 Å². The first-order valence-electron chi connectivity index (χ1n) is 28.2. The monoisotopic (exact) mass is 1290 g/mol. The smallest absolute Gasteiger partial charge is 0.495 e. The largest absolute Gasteiger partial charge is 3.00 e. The molecule has 6 heterocycles. The zero-order valence-corrected chi connectivity index (χ0v) is 53.5. The van der Waals surface area contributed by atoms with Crippen LogP contribution in [0.2, 0.25) is 0 Å². The number of pyridine rings is 2. The van der Waals surface area contributed by atoms with Crippen molar-refractivity contribution >= 4 is 96.6 Å². The zero-order chi connectivity index (χ0) is 65.3. The number of carbonyl (C=O) groups is 4. The van der Waals surface area contributed by atoms with Crippen LogP contribution >= 0.6 is 0 Å². The number of nitrogen functional groups attached to an aromatic ring is 1. The van der Waals surface area contributed by atoms with Crippen LogP contribution in [0.5, 0.6) is 11.5 Å². The number of hydrogen-bond donors (Lipinski definition) is 6. The third-order valence-corrected chi connectivity index (χ3v) is 13.4. The summed E-state index contributed by atoms with van der Waals surface area (Å²) in [5.74, 6) is 0.991. The maximum Gasteiger partial charge on any atom is 3.00 e. The molecule has 1 radical (unpaired) electrons. The number of anilines is 7. The molecule has 2 fully saturated rings. The van der Waals surface area contributed by atoms with E-state index in [1.54, 1.807) is 112 Å². The molecular weight excluding hydrogens is 1210 g/mol. The van der Waals surface area contributed by atoms with Crippen molar-refractivity contribution in [2.45, 2.75) is 64.7 Å². The van der Waals surface area contributed by atoms with Crippen molar-refractivity contribution in [3.63, 3.8) is 0 Å². The van der Waals surface area contributed by atoms with Crippen LogP contribution in [0.3, 0.4) is 0 Å². The number of benzene rings is 4. The minimum absolute atomic E-state index is 0. The minimum atomic E-state index is -1.38. The second kappa shape index (κ2) is 35.9. The molecule has 1 unspecified atom stereocenters. The van der Waals surface area contributed by atoms with E-state index in [1.807, 2.05) is 50.2 Å². The van der Waals surface area contributed by atoms with Crippen LogP contribution in [0.25, 0.3) is 33.4 Å². The summed E-state index contributed by atoms with van der Waals surface area (Å²) in [7, 11) is 1.79. The summed E-state index contributed by atoms with van der Waals surface area (Å²) in [5.41, 5.74) is 11.1. The van der Waals surface area contributed by atoms with Gasteiger partial charge in [0.1, 0.15) is 11.5 Å². The SMILES string of the molecule is C=CC(=O)Nc1cccc(-n2c(=O)ccc3cnc(Nc4ccc(NC5CN(C(C)=O)C5)cc4OC)nc32)c1.C=CC(=O)Nc1cccc(-n2c(=O)ccc3cnc(S(C)=O)nc32)c1.COc1cc(NC2CN(C(C)=O)C2)ccc1N.[CH2-]C.[CH2-]CC.[CH2-]CC.[Ni+3]. The molecule has 1 atom stereocenters. The third kappa shape index (κ3) is 20.2. The summed E-state index contributed by atoms with van der Waals surface area (Å²) in [6.07, 6.45) is 8.96. The van der Waals surface area contributed by atoms with Crippen molar-refractivity contribution < 1.29 is 49.4 Å². The molecule has 10 rings (SSSR count). The van der Waals surface area contributed by atoms with Gasteiger partial charge in [-0.15, -0.1) is 0 Å². The molecule has 25 heteroatoms. The van der Waals surface area contributed by atoms with Gasteiger partial charge in [-0.05, 0) is 84.9 Å². The van der Waals surface area contributed by atoms with E-state index in [0.29, 0.717) is 86.8 Å². The van der Waals surface area contributed by atoms with Crippen LogP contribution in [0.4, 0.5) is 40.1 Å². The minimum Gasteiger partial charge on any atom is -0.495 e. The number of rotatable bonds is 15. The Bertz CT molecular complexity index is 3920. The topological polar surface area (TPSA) is 292 Å². The summed E-state index contributed by atoms with van der Waals surface area (Å²) >= 11 is 0. The van der Waals surface area contributed by atoms with E-state index in [0.717, 1.165) is 43.4 Å². The molecule has 0 saturated carbocycles. The number of aromatic nitrogens is 6. The first kappa shape index (κ1) is 72.7. The number of nitrogens with two attached hydrogens (primary N) is 1. The summed E-state index contributed by atoms with van der Waals surface area (Å²) < 4.78 is 25.2. The van der Waals surface area contributed by atoms with Gasteiger partial charge >= 0.3 is 16.5 Å². The Morgan fingerprint density at radius 3 is 1.51 bits per heavy atom. The van der Waals surface area contributed by atoms with Gasteiger partial charge in [0.25, 0.3) is 11.1 Å². The van der Waals surface area contributed by atoms with Crippen LogP contribution in [-0.2, 0) is 46.5 Å². The van der Waals surface area contributed by atoms with Crippen molar-refractivity contribution in [3.05, 3.63) is 188 Å². The Morgan fingerprint density at radius 2 is 1.08 bits per heavy atom. The van der Waals surface area contributed by atoms with Gasteiger partial charge in [-0.3, -0.25) is 42.1 Å². The number of likely N-dealkylation sites (tertiary alicyclic amines) is 2. The molecule has 4 aromatic carbocycles. The Morgan fingerprint density at radius 1 is 0.644 bits per heavy atom. The fraction of sp³-hybridized carbons (Fsp3) is 0.246.